The molecule has 0 fully saturated rings. The zero-order valence-electron chi connectivity index (χ0n) is 16.6. The standard InChI is InChI=1S/C21H24BrClN2O4/c1-13(2)8-9-28-19-7-4-15(22)11-17(19)21(27)25-24-20(26)12-29-16-5-6-18(23)14(3)10-16/h4-7,10-11,13H,8-9,12H2,1-3H3,(H,24,26)(H,25,27). The Hall–Kier alpha value is -2.25. The summed E-state index contributed by atoms with van der Waals surface area (Å²) >= 11 is 9.31. The molecule has 0 saturated heterocycles. The van der Waals surface area contributed by atoms with Crippen molar-refractivity contribution >= 4 is 39.3 Å². The van der Waals surface area contributed by atoms with E-state index in [9.17, 15) is 9.59 Å². The Balaban J connectivity index is 1.89. The molecule has 0 atom stereocenters. The van der Waals surface area contributed by atoms with Crippen LogP contribution in [0.3, 0.4) is 0 Å². The summed E-state index contributed by atoms with van der Waals surface area (Å²) in [5.41, 5.74) is 5.88. The van der Waals surface area contributed by atoms with E-state index in [1.165, 1.54) is 0 Å². The predicted molar refractivity (Wildman–Crippen MR) is 116 cm³/mol. The van der Waals surface area contributed by atoms with E-state index in [-0.39, 0.29) is 6.61 Å². The summed E-state index contributed by atoms with van der Waals surface area (Å²) in [5.74, 6) is 0.478. The molecule has 0 saturated carbocycles. The monoisotopic (exact) mass is 482 g/mol. The highest BCUT2D eigenvalue weighted by Gasteiger charge is 2.15. The highest BCUT2D eigenvalue weighted by Crippen LogP contribution is 2.24. The Kier molecular flexibility index (Phi) is 8.79. The smallest absolute Gasteiger partial charge is 0.276 e. The van der Waals surface area contributed by atoms with E-state index >= 15 is 0 Å². The van der Waals surface area contributed by atoms with Gasteiger partial charge in [-0.25, -0.2) is 0 Å². The van der Waals surface area contributed by atoms with E-state index in [1.807, 2.05) is 6.92 Å². The van der Waals surface area contributed by atoms with Gasteiger partial charge in [0.1, 0.15) is 11.5 Å². The Morgan fingerprint density at radius 1 is 1.10 bits per heavy atom. The molecule has 2 aromatic rings. The lowest BCUT2D eigenvalue weighted by atomic mass is 10.1. The van der Waals surface area contributed by atoms with Gasteiger partial charge >= 0.3 is 0 Å². The van der Waals surface area contributed by atoms with E-state index in [0.717, 1.165) is 16.5 Å². The third-order valence-electron chi connectivity index (χ3n) is 3.95. The summed E-state index contributed by atoms with van der Waals surface area (Å²) in [6.45, 7) is 6.29. The van der Waals surface area contributed by atoms with Crippen LogP contribution >= 0.6 is 27.5 Å². The molecule has 0 aromatic heterocycles. The van der Waals surface area contributed by atoms with Crippen LogP contribution in [0.1, 0.15) is 36.2 Å². The maximum absolute atomic E-state index is 12.5. The molecule has 2 N–H and O–H groups in total. The van der Waals surface area contributed by atoms with Crippen molar-refractivity contribution in [2.24, 2.45) is 5.92 Å². The molecule has 0 aliphatic heterocycles. The number of ether oxygens (including phenoxy) is 2. The summed E-state index contributed by atoms with van der Waals surface area (Å²) in [7, 11) is 0. The zero-order valence-corrected chi connectivity index (χ0v) is 18.9. The lowest BCUT2D eigenvalue weighted by Gasteiger charge is -2.14. The number of rotatable bonds is 8. The van der Waals surface area contributed by atoms with Crippen LogP contribution in [-0.2, 0) is 4.79 Å². The summed E-state index contributed by atoms with van der Waals surface area (Å²) in [6.07, 6.45) is 0.870. The first-order valence-corrected chi connectivity index (χ1v) is 10.3. The van der Waals surface area contributed by atoms with Gasteiger partial charge in [-0.15, -0.1) is 0 Å². The van der Waals surface area contributed by atoms with Gasteiger partial charge in [-0.1, -0.05) is 41.4 Å². The molecule has 2 aromatic carbocycles. The van der Waals surface area contributed by atoms with Gasteiger partial charge in [-0.05, 0) is 61.2 Å². The van der Waals surface area contributed by atoms with Crippen molar-refractivity contribution in [1.82, 2.24) is 10.9 Å². The van der Waals surface area contributed by atoms with Crippen molar-refractivity contribution in [3.8, 4) is 11.5 Å². The number of halogens is 2. The van der Waals surface area contributed by atoms with Crippen molar-refractivity contribution in [3.05, 3.63) is 57.0 Å². The molecular weight excluding hydrogens is 460 g/mol. The molecule has 0 aliphatic rings. The molecule has 2 rings (SSSR count). The minimum atomic E-state index is -0.497. The predicted octanol–water partition coefficient (Wildman–Crippen LogP) is 4.68. The largest absolute Gasteiger partial charge is 0.493 e. The fourth-order valence-electron chi connectivity index (χ4n) is 2.30. The highest BCUT2D eigenvalue weighted by atomic mass is 79.9. The van der Waals surface area contributed by atoms with E-state index in [2.05, 4.69) is 40.6 Å². The Bertz CT molecular complexity index is 874. The summed E-state index contributed by atoms with van der Waals surface area (Å²) in [5, 5.41) is 0.620. The molecule has 8 heteroatoms. The van der Waals surface area contributed by atoms with Crippen LogP contribution in [0.25, 0.3) is 0 Å². The van der Waals surface area contributed by atoms with E-state index in [0.29, 0.717) is 34.6 Å². The number of carbonyl (C=O) groups is 2. The number of hydrazine groups is 1. The van der Waals surface area contributed by atoms with Crippen LogP contribution in [0.4, 0.5) is 0 Å². The van der Waals surface area contributed by atoms with Crippen LogP contribution in [0.15, 0.2) is 40.9 Å². The summed E-state index contributed by atoms with van der Waals surface area (Å²) in [6, 6.07) is 10.2. The van der Waals surface area contributed by atoms with E-state index < -0.39 is 11.8 Å². The molecule has 6 nitrogen and oxygen atoms in total. The Morgan fingerprint density at radius 3 is 2.55 bits per heavy atom. The van der Waals surface area contributed by atoms with Gasteiger partial charge in [0.15, 0.2) is 6.61 Å². The minimum absolute atomic E-state index is 0.252. The van der Waals surface area contributed by atoms with Gasteiger partial charge in [0, 0.05) is 9.50 Å². The number of aryl methyl sites for hydroxylation is 1. The number of amides is 2. The number of nitrogens with one attached hydrogen (secondary N) is 2. The van der Waals surface area contributed by atoms with Gasteiger partial charge in [0.05, 0.1) is 12.2 Å². The van der Waals surface area contributed by atoms with Crippen molar-refractivity contribution in [3.63, 3.8) is 0 Å². The Labute approximate surface area is 184 Å². The zero-order chi connectivity index (χ0) is 21.4. The molecule has 0 spiro atoms. The summed E-state index contributed by atoms with van der Waals surface area (Å²) in [4.78, 5) is 24.5. The first kappa shape index (κ1) is 23.0. The van der Waals surface area contributed by atoms with Gasteiger partial charge in [0.2, 0.25) is 0 Å². The second kappa shape index (κ2) is 11.1. The molecule has 2 amide bonds. The first-order chi connectivity index (χ1) is 13.8. The van der Waals surface area contributed by atoms with Crippen molar-refractivity contribution in [2.45, 2.75) is 27.2 Å². The molecule has 0 bridgehead atoms. The molecule has 0 heterocycles. The molecular formula is C21H24BrClN2O4. The average molecular weight is 484 g/mol. The van der Waals surface area contributed by atoms with Gasteiger partial charge in [0.25, 0.3) is 11.8 Å². The van der Waals surface area contributed by atoms with Crippen molar-refractivity contribution < 1.29 is 19.1 Å². The lowest BCUT2D eigenvalue weighted by Crippen LogP contribution is -2.44. The quantitative estimate of drug-likeness (QED) is 0.535. The molecule has 29 heavy (non-hydrogen) atoms. The third-order valence-corrected chi connectivity index (χ3v) is 4.87. The van der Waals surface area contributed by atoms with Gasteiger partial charge in [-0.3, -0.25) is 20.4 Å². The normalized spacial score (nSPS) is 10.6. The van der Waals surface area contributed by atoms with Crippen molar-refractivity contribution in [1.29, 1.82) is 0 Å². The van der Waals surface area contributed by atoms with E-state index in [4.69, 9.17) is 21.1 Å². The minimum Gasteiger partial charge on any atom is -0.493 e. The fourth-order valence-corrected chi connectivity index (χ4v) is 2.77. The SMILES string of the molecule is Cc1cc(OCC(=O)NNC(=O)c2cc(Br)ccc2OCCC(C)C)ccc1Cl. The fraction of sp³-hybridized carbons (Fsp3) is 0.333. The molecule has 0 radical (unpaired) electrons. The summed E-state index contributed by atoms with van der Waals surface area (Å²) < 4.78 is 11.9. The maximum atomic E-state index is 12.5. The van der Waals surface area contributed by atoms with Crippen LogP contribution in [0.2, 0.25) is 5.02 Å². The number of carbonyl (C=O) groups excluding carboxylic acids is 2. The first-order valence-electron chi connectivity index (χ1n) is 9.16. The number of benzene rings is 2. The number of hydrogen-bond acceptors (Lipinski definition) is 4. The van der Waals surface area contributed by atoms with Crippen LogP contribution in [0, 0.1) is 12.8 Å². The van der Waals surface area contributed by atoms with Crippen LogP contribution in [0.5, 0.6) is 11.5 Å². The second-order valence-electron chi connectivity index (χ2n) is 6.87. The molecule has 156 valence electrons. The van der Waals surface area contributed by atoms with Gasteiger partial charge < -0.3 is 9.47 Å². The Morgan fingerprint density at radius 2 is 1.86 bits per heavy atom. The third kappa shape index (κ3) is 7.59. The number of hydrogen-bond donors (Lipinski definition) is 2. The van der Waals surface area contributed by atoms with Gasteiger partial charge in [-0.2, -0.15) is 0 Å². The molecule has 0 aliphatic carbocycles. The van der Waals surface area contributed by atoms with Crippen LogP contribution in [-0.4, -0.2) is 25.0 Å². The molecule has 0 unspecified atom stereocenters. The van der Waals surface area contributed by atoms with Crippen LogP contribution < -0.4 is 20.3 Å². The lowest BCUT2D eigenvalue weighted by molar-refractivity contribution is -0.123. The van der Waals surface area contributed by atoms with Crippen molar-refractivity contribution in [2.75, 3.05) is 13.2 Å². The maximum Gasteiger partial charge on any atom is 0.276 e. The second-order valence-corrected chi connectivity index (χ2v) is 8.20. The topological polar surface area (TPSA) is 76.7 Å². The highest BCUT2D eigenvalue weighted by molar-refractivity contribution is 9.10. The van der Waals surface area contributed by atoms with E-state index in [1.54, 1.807) is 36.4 Å². The average Bonchev–Trinajstić information content (AvgIpc) is 2.67.